The molecule has 2 aliphatic carbocycles. The fourth-order valence-electron chi connectivity index (χ4n) is 3.10. The molecule has 0 aliphatic heterocycles. The Kier molecular flexibility index (Phi) is 1.63. The van der Waals surface area contributed by atoms with Crippen molar-refractivity contribution >= 4 is 0 Å². The van der Waals surface area contributed by atoms with Crippen LogP contribution in [-0.2, 0) is 0 Å². The quantitative estimate of drug-likeness (QED) is 0.632. The Labute approximate surface area is 75.2 Å². The summed E-state index contributed by atoms with van der Waals surface area (Å²) >= 11 is 0. The topological polar surface area (TPSA) is 12.0 Å². The zero-order chi connectivity index (χ0) is 8.93. The smallest absolute Gasteiger partial charge is 0.0203 e. The zero-order valence-corrected chi connectivity index (χ0v) is 8.30. The van der Waals surface area contributed by atoms with E-state index < -0.39 is 0 Å². The van der Waals surface area contributed by atoms with E-state index in [0.29, 0.717) is 11.5 Å². The third-order valence-electron chi connectivity index (χ3n) is 3.63. The second-order valence-corrected chi connectivity index (χ2v) is 4.82. The number of hydrogen-bond donors (Lipinski definition) is 1. The standard InChI is InChI=1S/C11H19N/c1-5-11-6-8(4)9(11)10(11)12-7(2)3/h5,7-10,12H,1,6H2,2-4H3. The van der Waals surface area contributed by atoms with Crippen molar-refractivity contribution in [3.8, 4) is 0 Å². The van der Waals surface area contributed by atoms with Crippen molar-refractivity contribution in [1.82, 2.24) is 5.32 Å². The van der Waals surface area contributed by atoms with Crippen LogP contribution in [0.3, 0.4) is 0 Å². The molecule has 0 radical (unpaired) electrons. The first-order chi connectivity index (χ1) is 5.62. The first kappa shape index (κ1) is 8.31. The van der Waals surface area contributed by atoms with Gasteiger partial charge in [0.2, 0.25) is 0 Å². The minimum Gasteiger partial charge on any atom is -0.311 e. The Hall–Kier alpha value is -0.300. The lowest BCUT2D eigenvalue weighted by atomic mass is 9.76. The van der Waals surface area contributed by atoms with Crippen molar-refractivity contribution in [1.29, 1.82) is 0 Å². The van der Waals surface area contributed by atoms with E-state index in [4.69, 9.17) is 0 Å². The minimum atomic E-state index is 0.504. The molecule has 0 aromatic rings. The molecule has 2 rings (SSSR count). The maximum Gasteiger partial charge on any atom is 0.0203 e. The van der Waals surface area contributed by atoms with Gasteiger partial charge in [-0.2, -0.15) is 0 Å². The van der Waals surface area contributed by atoms with Crippen LogP contribution in [0, 0.1) is 17.3 Å². The predicted molar refractivity (Wildman–Crippen MR) is 52.0 cm³/mol. The molecular formula is C11H19N. The monoisotopic (exact) mass is 165 g/mol. The Morgan fingerprint density at radius 2 is 2.25 bits per heavy atom. The molecule has 0 heterocycles. The molecule has 4 atom stereocenters. The Bertz CT molecular complexity index is 209. The highest BCUT2D eigenvalue weighted by Crippen LogP contribution is 2.71. The predicted octanol–water partition coefficient (Wildman–Crippen LogP) is 2.20. The van der Waals surface area contributed by atoms with Crippen LogP contribution >= 0.6 is 0 Å². The van der Waals surface area contributed by atoms with E-state index in [1.54, 1.807) is 0 Å². The maximum absolute atomic E-state index is 3.95. The summed E-state index contributed by atoms with van der Waals surface area (Å²) in [5.41, 5.74) is 0.504. The Morgan fingerprint density at radius 1 is 1.58 bits per heavy atom. The van der Waals surface area contributed by atoms with E-state index in [-0.39, 0.29) is 0 Å². The van der Waals surface area contributed by atoms with Gasteiger partial charge in [0.15, 0.2) is 0 Å². The summed E-state index contributed by atoms with van der Waals surface area (Å²) < 4.78 is 0. The molecule has 1 nitrogen and oxygen atoms in total. The lowest BCUT2D eigenvalue weighted by molar-refractivity contribution is 0.248. The number of hydrogen-bond acceptors (Lipinski definition) is 1. The first-order valence-electron chi connectivity index (χ1n) is 5.01. The minimum absolute atomic E-state index is 0.504. The van der Waals surface area contributed by atoms with Gasteiger partial charge in [-0.1, -0.05) is 26.8 Å². The third-order valence-corrected chi connectivity index (χ3v) is 3.63. The van der Waals surface area contributed by atoms with Crippen molar-refractivity contribution in [3.63, 3.8) is 0 Å². The largest absolute Gasteiger partial charge is 0.311 e. The zero-order valence-electron chi connectivity index (χ0n) is 8.30. The fraction of sp³-hybridized carbons (Fsp3) is 0.818. The van der Waals surface area contributed by atoms with Crippen LogP contribution < -0.4 is 5.32 Å². The third kappa shape index (κ3) is 0.832. The van der Waals surface area contributed by atoms with Gasteiger partial charge in [-0.25, -0.2) is 0 Å². The summed E-state index contributed by atoms with van der Waals surface area (Å²) in [7, 11) is 0. The van der Waals surface area contributed by atoms with Crippen molar-refractivity contribution in [2.24, 2.45) is 17.3 Å². The highest BCUT2D eigenvalue weighted by molar-refractivity contribution is 5.31. The van der Waals surface area contributed by atoms with Gasteiger partial charge >= 0.3 is 0 Å². The van der Waals surface area contributed by atoms with Gasteiger partial charge in [-0.15, -0.1) is 6.58 Å². The van der Waals surface area contributed by atoms with E-state index >= 15 is 0 Å². The Balaban J connectivity index is 1.99. The van der Waals surface area contributed by atoms with E-state index in [1.165, 1.54) is 6.42 Å². The van der Waals surface area contributed by atoms with E-state index in [9.17, 15) is 0 Å². The summed E-state index contributed by atoms with van der Waals surface area (Å²) in [5, 5.41) is 3.63. The van der Waals surface area contributed by atoms with E-state index in [0.717, 1.165) is 17.9 Å². The molecule has 68 valence electrons. The van der Waals surface area contributed by atoms with Gasteiger partial charge in [-0.05, 0) is 18.3 Å². The number of fused-ring (bicyclic) bond motifs is 1. The molecule has 4 unspecified atom stereocenters. The molecule has 1 N–H and O–H groups in total. The van der Waals surface area contributed by atoms with Gasteiger partial charge in [0.05, 0.1) is 0 Å². The molecule has 12 heavy (non-hydrogen) atoms. The van der Waals surface area contributed by atoms with Crippen LogP contribution in [0.5, 0.6) is 0 Å². The van der Waals surface area contributed by atoms with Gasteiger partial charge in [0.1, 0.15) is 0 Å². The van der Waals surface area contributed by atoms with Gasteiger partial charge < -0.3 is 5.32 Å². The molecule has 2 saturated carbocycles. The first-order valence-corrected chi connectivity index (χ1v) is 5.01. The average Bonchev–Trinajstić information content (AvgIpc) is 2.47. The summed E-state index contributed by atoms with van der Waals surface area (Å²) in [6.45, 7) is 10.7. The molecule has 0 spiro atoms. The summed E-state index contributed by atoms with van der Waals surface area (Å²) in [4.78, 5) is 0. The maximum atomic E-state index is 3.95. The highest BCUT2D eigenvalue weighted by Gasteiger charge is 2.72. The number of rotatable bonds is 3. The molecule has 0 amide bonds. The highest BCUT2D eigenvalue weighted by atomic mass is 15.1. The van der Waals surface area contributed by atoms with Crippen LogP contribution in [0.1, 0.15) is 27.2 Å². The number of nitrogens with one attached hydrogen (secondary N) is 1. The second kappa shape index (κ2) is 2.35. The lowest BCUT2D eigenvalue weighted by Gasteiger charge is -2.28. The van der Waals surface area contributed by atoms with Crippen LogP contribution in [-0.4, -0.2) is 12.1 Å². The molecule has 0 aromatic heterocycles. The van der Waals surface area contributed by atoms with Crippen LogP contribution in [0.25, 0.3) is 0 Å². The molecule has 2 fully saturated rings. The van der Waals surface area contributed by atoms with Gasteiger partial charge in [0.25, 0.3) is 0 Å². The van der Waals surface area contributed by atoms with E-state index in [1.807, 2.05) is 0 Å². The molecule has 0 saturated heterocycles. The van der Waals surface area contributed by atoms with Crippen molar-refractivity contribution in [2.45, 2.75) is 39.3 Å². The lowest BCUT2D eigenvalue weighted by Crippen LogP contribution is -2.28. The summed E-state index contributed by atoms with van der Waals surface area (Å²) in [5.74, 6) is 1.82. The Morgan fingerprint density at radius 3 is 2.58 bits per heavy atom. The summed E-state index contributed by atoms with van der Waals surface area (Å²) in [6, 6.07) is 1.36. The normalized spacial score (nSPS) is 49.8. The van der Waals surface area contributed by atoms with Gasteiger partial charge in [-0.3, -0.25) is 0 Å². The molecular weight excluding hydrogens is 146 g/mol. The molecule has 1 heteroatoms. The van der Waals surface area contributed by atoms with Gasteiger partial charge in [0, 0.05) is 17.5 Å². The fourth-order valence-corrected chi connectivity index (χ4v) is 3.10. The molecule has 0 aromatic carbocycles. The second-order valence-electron chi connectivity index (χ2n) is 4.82. The molecule has 0 bridgehead atoms. The summed E-state index contributed by atoms with van der Waals surface area (Å²) in [6.07, 6.45) is 3.53. The van der Waals surface area contributed by atoms with Crippen molar-refractivity contribution < 1.29 is 0 Å². The van der Waals surface area contributed by atoms with Crippen molar-refractivity contribution in [3.05, 3.63) is 12.7 Å². The van der Waals surface area contributed by atoms with Crippen molar-refractivity contribution in [2.75, 3.05) is 0 Å². The van der Waals surface area contributed by atoms with Crippen LogP contribution in [0.2, 0.25) is 0 Å². The molecule has 2 aliphatic rings. The van der Waals surface area contributed by atoms with Crippen LogP contribution in [0.4, 0.5) is 0 Å². The van der Waals surface area contributed by atoms with E-state index in [2.05, 4.69) is 38.7 Å². The van der Waals surface area contributed by atoms with Crippen LogP contribution in [0.15, 0.2) is 12.7 Å². The SMILES string of the molecule is C=CC12CC(C)C1C2NC(C)C. The average molecular weight is 165 g/mol.